The molecule has 0 spiro atoms. The van der Waals surface area contributed by atoms with E-state index in [1.54, 1.807) is 5.01 Å². The van der Waals surface area contributed by atoms with Crippen LogP contribution in [0.4, 0.5) is 0 Å². The second-order valence-corrected chi connectivity index (χ2v) is 3.82. The van der Waals surface area contributed by atoms with E-state index in [-0.39, 0.29) is 5.91 Å². The molecule has 0 fully saturated rings. The van der Waals surface area contributed by atoms with Gasteiger partial charge in [0.2, 0.25) is 0 Å². The molecule has 2 rings (SSSR count). The smallest absolute Gasteiger partial charge is 0.253 e. The number of hydrogen-bond donors (Lipinski definition) is 0. The highest BCUT2D eigenvalue weighted by Crippen LogP contribution is 2.25. The molecule has 3 heteroatoms. The Morgan fingerprint density at radius 1 is 1.31 bits per heavy atom. The zero-order valence-corrected chi connectivity index (χ0v) is 10.6. The summed E-state index contributed by atoms with van der Waals surface area (Å²) in [5.41, 5.74) is 3.12. The van der Waals surface area contributed by atoms with Crippen molar-refractivity contribution in [2.75, 3.05) is 0 Å². The molecule has 3 nitrogen and oxygen atoms in total. The van der Waals surface area contributed by atoms with Crippen LogP contribution in [0, 0.1) is 0 Å². The summed E-state index contributed by atoms with van der Waals surface area (Å²) in [5, 5.41) is 5.78. The van der Waals surface area contributed by atoms with Gasteiger partial charge in [0.25, 0.3) is 5.91 Å². The highest BCUT2D eigenvalue weighted by atomic mass is 16.2. The summed E-state index contributed by atoms with van der Waals surface area (Å²) in [5.74, 6) is 0.0865. The Morgan fingerprint density at radius 2 is 2.00 bits per heavy atom. The van der Waals surface area contributed by atoms with Gasteiger partial charge in [0.05, 0.1) is 12.1 Å². The second kappa shape index (κ2) is 5.64. The maximum absolute atomic E-state index is 11.6. The number of hydrogen-bond acceptors (Lipinski definition) is 2. The number of carbonyl (C=O) groups excluding carboxylic acids is 1. The fraction of sp³-hybridized carbons (Fsp3) is 0.538. The predicted molar refractivity (Wildman–Crippen MR) is 67.0 cm³/mol. The summed E-state index contributed by atoms with van der Waals surface area (Å²) in [6.07, 6.45) is 6.66. The van der Waals surface area contributed by atoms with Gasteiger partial charge in [0, 0.05) is 5.71 Å². The van der Waals surface area contributed by atoms with Crippen molar-refractivity contribution < 1.29 is 4.79 Å². The van der Waals surface area contributed by atoms with Crippen molar-refractivity contribution in [3.63, 3.8) is 0 Å². The monoisotopic (exact) mass is 220 g/mol. The summed E-state index contributed by atoms with van der Waals surface area (Å²) in [7, 11) is 0. The normalized spacial score (nSPS) is 19.6. The molecular formula is C13H20N2O. The van der Waals surface area contributed by atoms with Crippen LogP contribution in [0.2, 0.25) is 0 Å². The van der Waals surface area contributed by atoms with Gasteiger partial charge in [-0.3, -0.25) is 4.79 Å². The van der Waals surface area contributed by atoms with Crippen LogP contribution in [0.25, 0.3) is 0 Å². The first-order valence-electron chi connectivity index (χ1n) is 5.92. The Hall–Kier alpha value is -1.38. The first-order valence-corrected chi connectivity index (χ1v) is 5.92. The minimum atomic E-state index is 0.0865. The van der Waals surface area contributed by atoms with Crippen LogP contribution in [-0.2, 0) is 4.79 Å². The molecule has 88 valence electrons. The molecule has 0 aromatic heterocycles. The van der Waals surface area contributed by atoms with Crippen LogP contribution in [0.5, 0.6) is 0 Å². The van der Waals surface area contributed by atoms with Gasteiger partial charge in [-0.05, 0) is 38.3 Å². The third-order valence-corrected chi connectivity index (χ3v) is 2.54. The molecule has 0 bridgehead atoms. The van der Waals surface area contributed by atoms with Gasteiger partial charge in [0.1, 0.15) is 0 Å². The average Bonchev–Trinajstić information content (AvgIpc) is 2.61. The zero-order chi connectivity index (χ0) is 12.1. The Morgan fingerprint density at radius 3 is 2.50 bits per heavy atom. The fourth-order valence-corrected chi connectivity index (χ4v) is 1.76. The van der Waals surface area contributed by atoms with E-state index in [9.17, 15) is 4.79 Å². The van der Waals surface area contributed by atoms with Crippen LogP contribution < -0.4 is 0 Å². The van der Waals surface area contributed by atoms with Gasteiger partial charge < -0.3 is 0 Å². The lowest BCUT2D eigenvalue weighted by atomic mass is 10.0. The summed E-state index contributed by atoms with van der Waals surface area (Å²) in [6, 6.07) is 0. The van der Waals surface area contributed by atoms with E-state index < -0.39 is 0 Å². The average molecular weight is 220 g/mol. The van der Waals surface area contributed by atoms with Crippen molar-refractivity contribution in [3.8, 4) is 0 Å². The molecular weight excluding hydrogens is 200 g/mol. The molecule has 1 aliphatic heterocycles. The summed E-state index contributed by atoms with van der Waals surface area (Å²) < 4.78 is 0. The standard InChI is InChI=1S/C11H14N2O.C2H6/c1-8-5-3-4-6-10(8)13-11(14)7-9(2)12-13;1-2/h4,6H,3,5,7H2,1-2H3;1-2H3. The van der Waals surface area contributed by atoms with Crippen molar-refractivity contribution in [1.82, 2.24) is 5.01 Å². The maximum atomic E-state index is 11.6. The van der Waals surface area contributed by atoms with Crippen molar-refractivity contribution in [1.29, 1.82) is 0 Å². The zero-order valence-electron chi connectivity index (χ0n) is 10.6. The van der Waals surface area contributed by atoms with Crippen molar-refractivity contribution >= 4 is 11.6 Å². The molecule has 0 radical (unpaired) electrons. The number of nitrogens with zero attached hydrogens (tertiary/aromatic N) is 2. The molecule has 1 amide bonds. The van der Waals surface area contributed by atoms with Crippen molar-refractivity contribution in [2.24, 2.45) is 5.10 Å². The van der Waals surface area contributed by atoms with Gasteiger partial charge in [0.15, 0.2) is 0 Å². The fourth-order valence-electron chi connectivity index (χ4n) is 1.76. The Balaban J connectivity index is 0.000000606. The summed E-state index contributed by atoms with van der Waals surface area (Å²) in [4.78, 5) is 11.6. The molecule has 0 aromatic rings. The van der Waals surface area contributed by atoms with Crippen LogP contribution in [0.15, 0.2) is 28.5 Å². The van der Waals surface area contributed by atoms with E-state index in [0.717, 1.165) is 24.3 Å². The van der Waals surface area contributed by atoms with E-state index >= 15 is 0 Å². The van der Waals surface area contributed by atoms with Gasteiger partial charge in [-0.1, -0.05) is 19.9 Å². The van der Waals surface area contributed by atoms with Crippen LogP contribution in [-0.4, -0.2) is 16.6 Å². The minimum Gasteiger partial charge on any atom is -0.272 e. The highest BCUT2D eigenvalue weighted by molar-refractivity contribution is 6.04. The van der Waals surface area contributed by atoms with E-state index in [4.69, 9.17) is 0 Å². The first-order chi connectivity index (χ1) is 7.68. The van der Waals surface area contributed by atoms with Gasteiger partial charge in [-0.15, -0.1) is 0 Å². The minimum absolute atomic E-state index is 0.0865. The van der Waals surface area contributed by atoms with E-state index in [0.29, 0.717) is 6.42 Å². The largest absolute Gasteiger partial charge is 0.272 e. The molecule has 2 aliphatic rings. The molecule has 1 aliphatic carbocycles. The van der Waals surface area contributed by atoms with Gasteiger partial charge >= 0.3 is 0 Å². The molecule has 16 heavy (non-hydrogen) atoms. The maximum Gasteiger partial charge on any atom is 0.253 e. The number of amides is 1. The first kappa shape index (κ1) is 12.7. The van der Waals surface area contributed by atoms with E-state index in [1.807, 2.05) is 26.8 Å². The van der Waals surface area contributed by atoms with Crippen LogP contribution in [0.1, 0.15) is 47.0 Å². The predicted octanol–water partition coefficient (Wildman–Crippen LogP) is 3.24. The molecule has 0 unspecified atom stereocenters. The number of carbonyl (C=O) groups is 1. The number of rotatable bonds is 1. The Bertz CT molecular complexity index is 364. The second-order valence-electron chi connectivity index (χ2n) is 3.82. The van der Waals surface area contributed by atoms with Crippen molar-refractivity contribution in [3.05, 3.63) is 23.4 Å². The van der Waals surface area contributed by atoms with Gasteiger partial charge in [-0.25, -0.2) is 5.01 Å². The van der Waals surface area contributed by atoms with E-state index in [2.05, 4.69) is 18.1 Å². The lowest BCUT2D eigenvalue weighted by Gasteiger charge is -2.18. The summed E-state index contributed by atoms with van der Waals surface area (Å²) in [6.45, 7) is 7.95. The van der Waals surface area contributed by atoms with Gasteiger partial charge in [-0.2, -0.15) is 5.10 Å². The lowest BCUT2D eigenvalue weighted by Crippen LogP contribution is -2.21. The number of hydrazone groups is 1. The molecule has 0 saturated heterocycles. The quantitative estimate of drug-likeness (QED) is 0.667. The SMILES string of the molecule is CC.CC1=NN(C2=C(C)CCC=C2)C(=O)C1. The Labute approximate surface area is 97.5 Å². The number of allylic oxidation sites excluding steroid dienone is 3. The van der Waals surface area contributed by atoms with Crippen LogP contribution >= 0.6 is 0 Å². The molecule has 0 atom stereocenters. The lowest BCUT2D eigenvalue weighted by molar-refractivity contribution is -0.126. The topological polar surface area (TPSA) is 32.7 Å². The van der Waals surface area contributed by atoms with Crippen molar-refractivity contribution in [2.45, 2.75) is 47.0 Å². The molecule has 0 aromatic carbocycles. The third kappa shape index (κ3) is 2.60. The molecule has 0 N–H and O–H groups in total. The highest BCUT2D eigenvalue weighted by Gasteiger charge is 2.25. The Kier molecular flexibility index (Phi) is 4.47. The third-order valence-electron chi connectivity index (χ3n) is 2.54. The van der Waals surface area contributed by atoms with E-state index in [1.165, 1.54) is 5.57 Å². The summed E-state index contributed by atoms with van der Waals surface area (Å²) >= 11 is 0. The molecule has 1 heterocycles. The van der Waals surface area contributed by atoms with Crippen LogP contribution in [0.3, 0.4) is 0 Å². The molecule has 0 saturated carbocycles.